The molecule has 1 unspecified atom stereocenters. The number of nitro groups is 1. The van der Waals surface area contributed by atoms with Crippen molar-refractivity contribution in [2.45, 2.75) is 113 Å². The topological polar surface area (TPSA) is 371 Å². The predicted octanol–water partition coefficient (Wildman–Crippen LogP) is 13.3. The maximum atomic E-state index is 16.6. The number of carbonyl (C=O) groups excluding carboxylic acids is 5. The van der Waals surface area contributed by atoms with E-state index < -0.39 is 109 Å². The molecule has 33 heteroatoms. The number of aliphatic hydroxyl groups is 1. The van der Waals surface area contributed by atoms with E-state index in [1.165, 1.54) is 103 Å². The van der Waals surface area contributed by atoms with Gasteiger partial charge < -0.3 is 113 Å². The molecule has 634 valence electrons. The third kappa shape index (κ3) is 23.1. The summed E-state index contributed by atoms with van der Waals surface area (Å²) in [4.78, 5) is 88.5. The Bertz CT molecular complexity index is 4930. The lowest BCUT2D eigenvalue weighted by atomic mass is 9.89. The van der Waals surface area contributed by atoms with Gasteiger partial charge in [-0.3, -0.25) is 24.5 Å². The molecule has 8 aromatic rings. The Morgan fingerprint density at radius 2 is 1.33 bits per heavy atom. The van der Waals surface area contributed by atoms with Gasteiger partial charge in [0.05, 0.1) is 110 Å². The average molecular weight is 1680 g/mol. The van der Waals surface area contributed by atoms with E-state index >= 15 is 14.4 Å². The van der Waals surface area contributed by atoms with Gasteiger partial charge in [0.25, 0.3) is 0 Å². The molecule has 13 rings (SSSR count). The molecule has 11 bridgehead atoms. The minimum Gasteiger partial charge on any atom is -0.497 e. The Hall–Kier alpha value is -11.5. The first-order valence-corrected chi connectivity index (χ1v) is 42.5. The number of benzene rings is 8. The molecule has 0 radical (unpaired) electrons. The van der Waals surface area contributed by atoms with Crippen LogP contribution in [0.15, 0.2) is 146 Å². The van der Waals surface area contributed by atoms with E-state index in [9.17, 15) is 24.8 Å². The second-order valence-electron chi connectivity index (χ2n) is 30.5. The van der Waals surface area contributed by atoms with Gasteiger partial charge in [-0.05, 0) is 144 Å². The SMILES string of the molecule is COCCOCOCC1NC(=O)[C@H]2NC[C@H](NC[C@@H]3NC(=O)[C@H](c4cc(OC)cc(Oc5cc([C@H](COCc6ccccc6)NC(=O)OC(C)(C)C)ccc5OC)c4)NC(=O)[C@H](NC(=O)OCC[Si](C)(C)C)Cc4ccc(c([N+](=O)[O-])c4)Oc4cc3cc(c4OC)Oc3ccc(cc3Cl)[C@H]2O)c2ccc(OC)c(c2)-c2c(OC)cc(OC)cc21. The van der Waals surface area contributed by atoms with E-state index in [0.717, 1.165) is 5.56 Å². The number of aliphatic hydroxyl groups excluding tert-OH is 1. The second-order valence-corrected chi connectivity index (χ2v) is 36.5. The zero-order chi connectivity index (χ0) is 85.2. The zero-order valence-electron chi connectivity index (χ0n) is 68.5. The Balaban J connectivity index is 1.09. The maximum Gasteiger partial charge on any atom is 0.408 e. The summed E-state index contributed by atoms with van der Waals surface area (Å²) >= 11 is 7.23. The van der Waals surface area contributed by atoms with Gasteiger partial charge in [0.15, 0.2) is 23.0 Å². The van der Waals surface area contributed by atoms with Crippen molar-refractivity contribution in [1.82, 2.24) is 37.2 Å². The molecule has 0 saturated heterocycles. The minimum atomic E-state index is -1.80. The maximum absolute atomic E-state index is 16.6. The van der Waals surface area contributed by atoms with Crippen LogP contribution in [0.2, 0.25) is 30.7 Å². The molecule has 0 spiro atoms. The fraction of sp³-hybridized carbons (Fsp3) is 0.384. The molecule has 31 nitrogen and oxygen atoms in total. The van der Waals surface area contributed by atoms with Crippen LogP contribution >= 0.6 is 11.6 Å². The highest BCUT2D eigenvalue weighted by Gasteiger charge is 2.38. The van der Waals surface area contributed by atoms with Crippen molar-refractivity contribution in [3.05, 3.63) is 205 Å². The minimum absolute atomic E-state index is 0.00285. The van der Waals surface area contributed by atoms with Crippen LogP contribution in [-0.4, -0.2) is 168 Å². The van der Waals surface area contributed by atoms with E-state index in [-0.39, 0.29) is 139 Å². The van der Waals surface area contributed by atoms with Crippen LogP contribution in [0.5, 0.6) is 69.0 Å². The summed E-state index contributed by atoms with van der Waals surface area (Å²) < 4.78 is 91.0. The standard InChI is InChI=1S/C86H101ClN8O23Si/c1-86(2,3)118-85(101)93-65(46-112-45-49-17-15-14-16-18-49)52-21-26-71(108-8)72(37-52)115-58-34-55(33-56(40-58)105-5)77-82(98)90-64-44-88-63-43-89-78(83(99)91-66(47-113-48-111-28-27-104-4)59-41-57(106-6)42-73(109-9)76(59)60-35-51(63)20-24-68(60)107-7)79(96)53-22-25-69(61(87)36-53)116-74-38-54(64)39-75(80(74)110-10)117-70-23-19-50(32-67(70)95(102)103)31-62(81(97)94-77)92-84(100)114-29-30-119(11,12)13/h14-26,32-42,62-66,77-79,88-89,96H,27-31,43-48H2,1-13H3,(H,90,98)(H,91,99)(H,92,100)(H,93,101)(H,94,97)/t62-,63+,64+,65+,66?,77+,78+,79-/m1/s1. The van der Waals surface area contributed by atoms with Crippen LogP contribution in [0.1, 0.15) is 102 Å². The molecule has 0 saturated carbocycles. The van der Waals surface area contributed by atoms with Gasteiger partial charge in [-0.25, -0.2) is 9.59 Å². The molecule has 119 heavy (non-hydrogen) atoms. The van der Waals surface area contributed by atoms with E-state index in [4.69, 9.17) is 82.7 Å². The Morgan fingerprint density at radius 1 is 0.630 bits per heavy atom. The lowest BCUT2D eigenvalue weighted by molar-refractivity contribution is -0.385. The van der Waals surface area contributed by atoms with E-state index in [1.807, 2.05) is 36.4 Å². The van der Waals surface area contributed by atoms with Gasteiger partial charge in [0.2, 0.25) is 29.2 Å². The quantitative estimate of drug-likeness (QED) is 0.00779. The van der Waals surface area contributed by atoms with Gasteiger partial charge in [-0.15, -0.1) is 0 Å². The summed E-state index contributed by atoms with van der Waals surface area (Å²) in [7, 11) is 8.38. The number of alkyl carbamates (subject to hydrolysis) is 2. The van der Waals surface area contributed by atoms with Crippen molar-refractivity contribution < 1.29 is 105 Å². The van der Waals surface area contributed by atoms with Crippen molar-refractivity contribution in [3.63, 3.8) is 0 Å². The summed E-state index contributed by atoms with van der Waals surface area (Å²) in [5.41, 5.74) is 2.46. The van der Waals surface area contributed by atoms with E-state index in [0.29, 0.717) is 51.1 Å². The smallest absolute Gasteiger partial charge is 0.408 e. The van der Waals surface area contributed by atoms with Crippen LogP contribution < -0.4 is 79.8 Å². The fourth-order valence-corrected chi connectivity index (χ4v) is 14.6. The molecule has 8 atom stereocenters. The van der Waals surface area contributed by atoms with Gasteiger partial charge in [0.1, 0.15) is 71.1 Å². The van der Waals surface area contributed by atoms with Crippen LogP contribution in [0.4, 0.5) is 15.3 Å². The predicted molar refractivity (Wildman–Crippen MR) is 442 cm³/mol. The van der Waals surface area contributed by atoms with Crippen molar-refractivity contribution in [3.8, 4) is 80.1 Å². The highest BCUT2D eigenvalue weighted by atomic mass is 35.5. The number of hydrogen-bond donors (Lipinski definition) is 8. The zero-order valence-corrected chi connectivity index (χ0v) is 70.3. The fourth-order valence-electron chi connectivity index (χ4n) is 13.7. The van der Waals surface area contributed by atoms with Gasteiger partial charge >= 0.3 is 17.9 Å². The first kappa shape index (κ1) is 88.4. The Kier molecular flexibility index (Phi) is 29.9. The van der Waals surface area contributed by atoms with E-state index in [1.54, 1.807) is 76.4 Å². The number of methoxy groups -OCH3 is 7. The summed E-state index contributed by atoms with van der Waals surface area (Å²) in [5.74, 6) is -1.73. The number of hydrogen-bond acceptors (Lipinski definition) is 25. The number of nitrogens with zero attached hydrogens (tertiary/aromatic N) is 1. The van der Waals surface area contributed by atoms with Crippen molar-refractivity contribution in [1.29, 1.82) is 0 Å². The number of fused-ring (bicyclic) bond motifs is 15. The van der Waals surface area contributed by atoms with Gasteiger partial charge in [-0.2, -0.15) is 0 Å². The Morgan fingerprint density at radius 3 is 2.02 bits per heavy atom. The third-order valence-corrected chi connectivity index (χ3v) is 21.7. The number of amides is 5. The monoisotopic (exact) mass is 1680 g/mol. The van der Waals surface area contributed by atoms with Crippen molar-refractivity contribution >= 4 is 55.3 Å². The summed E-state index contributed by atoms with van der Waals surface area (Å²) in [6.45, 7) is 11.4. The normalized spacial score (nSPS) is 18.3. The lowest BCUT2D eigenvalue weighted by Crippen LogP contribution is -2.52. The number of rotatable bonds is 27. The summed E-state index contributed by atoms with van der Waals surface area (Å²) in [5, 5.41) is 48.2. The number of nitro benzene ring substituents is 1. The summed E-state index contributed by atoms with van der Waals surface area (Å²) in [6.07, 6.45) is -3.78. The first-order chi connectivity index (χ1) is 57.1. The lowest BCUT2D eigenvalue weighted by Gasteiger charge is -2.33. The molecule has 0 fully saturated rings. The highest BCUT2D eigenvalue weighted by Crippen LogP contribution is 2.49. The molecule has 0 aromatic heterocycles. The highest BCUT2D eigenvalue weighted by molar-refractivity contribution is 6.76. The largest absolute Gasteiger partial charge is 0.497 e. The number of carbonyl (C=O) groups is 5. The van der Waals surface area contributed by atoms with Crippen LogP contribution in [-0.2, 0) is 55.8 Å². The molecule has 5 heterocycles. The molecule has 5 amide bonds. The molecular formula is C86H101ClN8O23Si. The van der Waals surface area contributed by atoms with Crippen molar-refractivity contribution in [2.24, 2.45) is 0 Å². The Labute approximate surface area is 695 Å². The average Bonchev–Trinajstić information content (AvgIpc) is 0.769. The first-order valence-electron chi connectivity index (χ1n) is 38.5. The number of ether oxygens (including phenoxy) is 15. The third-order valence-electron chi connectivity index (χ3n) is 19.7. The summed E-state index contributed by atoms with van der Waals surface area (Å²) in [6, 6.07) is 30.9. The van der Waals surface area contributed by atoms with Gasteiger partial charge in [0, 0.05) is 70.1 Å². The van der Waals surface area contributed by atoms with Crippen molar-refractivity contribution in [2.75, 3.05) is 103 Å². The molecular weight excluding hydrogens is 1580 g/mol. The van der Waals surface area contributed by atoms with Crippen LogP contribution in [0.3, 0.4) is 0 Å². The molecule has 8 aromatic carbocycles. The van der Waals surface area contributed by atoms with E-state index in [2.05, 4.69) is 56.9 Å². The second kappa shape index (κ2) is 40.3. The van der Waals surface area contributed by atoms with Crippen LogP contribution in [0.25, 0.3) is 11.1 Å². The van der Waals surface area contributed by atoms with Gasteiger partial charge in [-0.1, -0.05) is 85.8 Å². The molecule has 0 aliphatic carbocycles. The number of halogens is 1. The molecule has 5 aliphatic heterocycles. The number of nitrogens with one attached hydrogen (secondary N) is 7. The molecule has 8 N–H and O–H groups in total. The molecule has 5 aliphatic rings. The van der Waals surface area contributed by atoms with Crippen LogP contribution in [0, 0.1) is 10.1 Å².